The van der Waals surface area contributed by atoms with Crippen molar-refractivity contribution in [2.24, 2.45) is 0 Å². The lowest BCUT2D eigenvalue weighted by Gasteiger charge is -2.18. The molecule has 1 aromatic heterocycles. The van der Waals surface area contributed by atoms with Gasteiger partial charge < -0.3 is 14.4 Å². The molecular weight excluding hydrogens is 246 g/mol. The molecule has 1 aromatic carbocycles. The largest absolute Gasteiger partial charge is 0.475 e. The zero-order chi connectivity index (χ0) is 14.0. The maximum Gasteiger partial charge on any atom is 0.371 e. The molecule has 98 valence electrons. The number of carbonyl (C=O) groups excluding carboxylic acids is 1. The van der Waals surface area contributed by atoms with E-state index in [0.717, 1.165) is 11.3 Å². The van der Waals surface area contributed by atoms with Crippen LogP contribution in [0.1, 0.15) is 26.7 Å². The summed E-state index contributed by atoms with van der Waals surface area (Å²) in [6, 6.07) is 10.0. The van der Waals surface area contributed by atoms with Crippen molar-refractivity contribution in [3.63, 3.8) is 0 Å². The number of carboxylic acids is 1. The summed E-state index contributed by atoms with van der Waals surface area (Å²) < 4.78 is 5.00. The molecule has 2 aromatic rings. The van der Waals surface area contributed by atoms with Crippen molar-refractivity contribution < 1.29 is 19.1 Å². The zero-order valence-corrected chi connectivity index (χ0v) is 10.6. The normalized spacial score (nSPS) is 10.2. The van der Waals surface area contributed by atoms with E-state index in [1.165, 1.54) is 17.0 Å². The first kappa shape index (κ1) is 12.9. The lowest BCUT2D eigenvalue weighted by atomic mass is 10.2. The van der Waals surface area contributed by atoms with Crippen molar-refractivity contribution >= 4 is 17.6 Å². The van der Waals surface area contributed by atoms with Gasteiger partial charge in [-0.25, -0.2) is 4.79 Å². The summed E-state index contributed by atoms with van der Waals surface area (Å²) in [6.45, 7) is 1.89. The molecule has 0 aliphatic rings. The van der Waals surface area contributed by atoms with E-state index in [9.17, 15) is 9.59 Å². The van der Waals surface area contributed by atoms with E-state index in [2.05, 4.69) is 0 Å². The first-order valence-electron chi connectivity index (χ1n) is 5.67. The van der Waals surface area contributed by atoms with Crippen LogP contribution in [0, 0.1) is 6.92 Å². The lowest BCUT2D eigenvalue weighted by Crippen LogP contribution is -2.26. The van der Waals surface area contributed by atoms with Gasteiger partial charge in [-0.1, -0.05) is 18.2 Å². The minimum absolute atomic E-state index is 0.00292. The molecule has 19 heavy (non-hydrogen) atoms. The second-order valence-corrected chi connectivity index (χ2v) is 4.12. The summed E-state index contributed by atoms with van der Waals surface area (Å²) in [7, 11) is 1.62. The molecule has 2 rings (SSSR count). The molecule has 5 heteroatoms. The van der Waals surface area contributed by atoms with E-state index in [-0.39, 0.29) is 17.4 Å². The summed E-state index contributed by atoms with van der Waals surface area (Å²) in [4.78, 5) is 24.3. The van der Waals surface area contributed by atoms with Gasteiger partial charge in [0.05, 0.1) is 0 Å². The van der Waals surface area contributed by atoms with Gasteiger partial charge in [0.1, 0.15) is 0 Å². The van der Waals surface area contributed by atoms with E-state index in [0.29, 0.717) is 0 Å². The molecule has 0 aliphatic carbocycles. The maximum atomic E-state index is 12.2. The Kier molecular flexibility index (Phi) is 3.37. The number of carboxylic acid groups (broad SMARTS) is 1. The average Bonchev–Trinajstić information content (AvgIpc) is 2.87. The number of furan rings is 1. The Labute approximate surface area is 110 Å². The molecule has 1 amide bonds. The summed E-state index contributed by atoms with van der Waals surface area (Å²) in [6.07, 6.45) is 0. The van der Waals surface area contributed by atoms with Crippen LogP contribution in [0.5, 0.6) is 0 Å². The number of nitrogens with zero attached hydrogens (tertiary/aromatic N) is 1. The standard InChI is InChI=1S/C14H13NO4/c1-9-5-3-4-6-10(9)15(2)13(16)11-7-8-12(19-11)14(17)18/h3-8H,1-2H3,(H,17,18). The van der Waals surface area contributed by atoms with Crippen LogP contribution < -0.4 is 4.90 Å². The highest BCUT2D eigenvalue weighted by molar-refractivity contribution is 6.04. The lowest BCUT2D eigenvalue weighted by molar-refractivity contribution is 0.0660. The van der Waals surface area contributed by atoms with Gasteiger partial charge in [-0.3, -0.25) is 4.79 Å². The van der Waals surface area contributed by atoms with Gasteiger partial charge in [0, 0.05) is 12.7 Å². The minimum Gasteiger partial charge on any atom is -0.475 e. The van der Waals surface area contributed by atoms with Gasteiger partial charge in [-0.05, 0) is 30.7 Å². The smallest absolute Gasteiger partial charge is 0.371 e. The maximum absolute atomic E-state index is 12.2. The van der Waals surface area contributed by atoms with Crippen molar-refractivity contribution in [2.45, 2.75) is 6.92 Å². The summed E-state index contributed by atoms with van der Waals surface area (Å²) in [5.74, 6) is -1.83. The van der Waals surface area contributed by atoms with Crippen molar-refractivity contribution in [3.05, 3.63) is 53.5 Å². The second kappa shape index (κ2) is 4.97. The molecule has 0 saturated carbocycles. The number of aryl methyl sites for hydroxylation is 1. The fourth-order valence-corrected chi connectivity index (χ4v) is 1.78. The molecule has 1 N–H and O–H groups in total. The molecule has 0 radical (unpaired) electrons. The topological polar surface area (TPSA) is 70.8 Å². The summed E-state index contributed by atoms with van der Waals surface area (Å²) in [5.41, 5.74) is 1.70. The van der Waals surface area contributed by atoms with Gasteiger partial charge in [0.15, 0.2) is 5.76 Å². The first-order valence-corrected chi connectivity index (χ1v) is 5.67. The highest BCUT2D eigenvalue weighted by Crippen LogP contribution is 2.20. The number of hydrogen-bond acceptors (Lipinski definition) is 3. The SMILES string of the molecule is Cc1ccccc1N(C)C(=O)c1ccc(C(=O)O)o1. The number of para-hydroxylation sites is 1. The number of amides is 1. The van der Waals surface area contributed by atoms with Gasteiger partial charge in [-0.2, -0.15) is 0 Å². The number of aromatic carboxylic acids is 1. The fraction of sp³-hybridized carbons (Fsp3) is 0.143. The molecule has 0 spiro atoms. The highest BCUT2D eigenvalue weighted by atomic mass is 16.4. The van der Waals surface area contributed by atoms with Crippen molar-refractivity contribution in [1.29, 1.82) is 0 Å². The predicted octanol–water partition coefficient (Wildman–Crippen LogP) is 2.56. The van der Waals surface area contributed by atoms with Crippen LogP contribution in [0.3, 0.4) is 0 Å². The molecule has 0 unspecified atom stereocenters. The minimum atomic E-state index is -1.20. The van der Waals surface area contributed by atoms with Crippen LogP contribution in [0.2, 0.25) is 0 Å². The summed E-state index contributed by atoms with van der Waals surface area (Å²) in [5, 5.41) is 8.76. The first-order chi connectivity index (χ1) is 9.00. The Balaban J connectivity index is 2.28. The van der Waals surface area contributed by atoms with Crippen molar-refractivity contribution in [2.75, 3.05) is 11.9 Å². The number of benzene rings is 1. The van der Waals surface area contributed by atoms with Gasteiger partial charge in [-0.15, -0.1) is 0 Å². The van der Waals surface area contributed by atoms with Gasteiger partial charge in [0.25, 0.3) is 5.91 Å². The van der Waals surface area contributed by atoms with Crippen LogP contribution >= 0.6 is 0 Å². The van der Waals surface area contributed by atoms with Crippen LogP contribution in [-0.2, 0) is 0 Å². The Hall–Kier alpha value is -2.56. The Morgan fingerprint density at radius 2 is 1.74 bits per heavy atom. The molecule has 1 heterocycles. The quantitative estimate of drug-likeness (QED) is 0.919. The van der Waals surface area contributed by atoms with Crippen LogP contribution in [0.15, 0.2) is 40.8 Å². The van der Waals surface area contributed by atoms with Gasteiger partial charge >= 0.3 is 5.97 Å². The Bertz CT molecular complexity index is 630. The van der Waals surface area contributed by atoms with E-state index in [1.807, 2.05) is 31.2 Å². The molecule has 5 nitrogen and oxygen atoms in total. The number of hydrogen-bond donors (Lipinski definition) is 1. The fourth-order valence-electron chi connectivity index (χ4n) is 1.78. The van der Waals surface area contributed by atoms with Crippen LogP contribution in [0.4, 0.5) is 5.69 Å². The predicted molar refractivity (Wildman–Crippen MR) is 69.6 cm³/mol. The average molecular weight is 259 g/mol. The van der Waals surface area contributed by atoms with E-state index >= 15 is 0 Å². The van der Waals surface area contributed by atoms with E-state index in [4.69, 9.17) is 9.52 Å². The zero-order valence-electron chi connectivity index (χ0n) is 10.6. The molecule has 0 bridgehead atoms. The number of rotatable bonds is 3. The Morgan fingerprint density at radius 3 is 2.32 bits per heavy atom. The van der Waals surface area contributed by atoms with Crippen molar-refractivity contribution in [3.8, 4) is 0 Å². The number of carbonyl (C=O) groups is 2. The third kappa shape index (κ3) is 2.49. The summed E-state index contributed by atoms with van der Waals surface area (Å²) >= 11 is 0. The van der Waals surface area contributed by atoms with Crippen molar-refractivity contribution in [1.82, 2.24) is 0 Å². The molecule has 0 aliphatic heterocycles. The Morgan fingerprint density at radius 1 is 1.11 bits per heavy atom. The van der Waals surface area contributed by atoms with Crippen LogP contribution in [-0.4, -0.2) is 24.0 Å². The van der Waals surface area contributed by atoms with Crippen LogP contribution in [0.25, 0.3) is 0 Å². The molecule has 0 fully saturated rings. The van der Waals surface area contributed by atoms with Gasteiger partial charge in [0.2, 0.25) is 5.76 Å². The third-order valence-electron chi connectivity index (χ3n) is 2.81. The molecular formula is C14H13NO4. The highest BCUT2D eigenvalue weighted by Gasteiger charge is 2.20. The van der Waals surface area contributed by atoms with E-state index in [1.54, 1.807) is 7.05 Å². The van der Waals surface area contributed by atoms with E-state index < -0.39 is 5.97 Å². The molecule has 0 atom stereocenters. The second-order valence-electron chi connectivity index (χ2n) is 4.12. The number of anilines is 1. The monoisotopic (exact) mass is 259 g/mol. The molecule has 0 saturated heterocycles. The third-order valence-corrected chi connectivity index (χ3v) is 2.81.